The van der Waals surface area contributed by atoms with Crippen molar-refractivity contribution in [1.82, 2.24) is 5.32 Å². The molecule has 0 radical (unpaired) electrons. The maximum absolute atomic E-state index is 11.4. The molecule has 0 spiro atoms. The number of carbonyl (C=O) groups excluding carboxylic acids is 1. The average Bonchev–Trinajstić information content (AvgIpc) is 2.28. The minimum Gasteiger partial charge on any atom is -0.491 e. The number of hydrogen-bond acceptors (Lipinski definition) is 3. The van der Waals surface area contributed by atoms with Gasteiger partial charge in [0, 0.05) is 0 Å². The van der Waals surface area contributed by atoms with E-state index in [2.05, 4.69) is 5.32 Å². The van der Waals surface area contributed by atoms with Gasteiger partial charge < -0.3 is 15.8 Å². The van der Waals surface area contributed by atoms with E-state index in [1.807, 2.05) is 39.0 Å². The predicted molar refractivity (Wildman–Crippen MR) is 72.7 cm³/mol. The Morgan fingerprint density at radius 3 is 2.39 bits per heavy atom. The molecule has 0 aliphatic heterocycles. The molecule has 0 heterocycles. The van der Waals surface area contributed by atoms with Crippen LogP contribution in [0.3, 0.4) is 0 Å². The molecule has 0 aromatic heterocycles. The highest BCUT2D eigenvalue weighted by molar-refractivity contribution is 5.81. The Morgan fingerprint density at radius 2 is 1.89 bits per heavy atom. The SMILES string of the molecule is Cc1cccc(C)c1OCC(C)NC(=O)[C@@H](C)N. The molecule has 1 unspecified atom stereocenters. The van der Waals surface area contributed by atoms with Crippen LogP contribution in [0.15, 0.2) is 18.2 Å². The fourth-order valence-electron chi connectivity index (χ4n) is 1.65. The van der Waals surface area contributed by atoms with Crippen molar-refractivity contribution in [2.75, 3.05) is 6.61 Å². The Bertz CT molecular complexity index is 396. The fourth-order valence-corrected chi connectivity index (χ4v) is 1.65. The first-order chi connectivity index (χ1) is 8.41. The number of amides is 1. The highest BCUT2D eigenvalue weighted by Crippen LogP contribution is 2.22. The standard InChI is InChI=1S/C14H22N2O2/c1-9-6-5-7-10(2)13(9)18-8-11(3)16-14(17)12(4)15/h5-7,11-12H,8,15H2,1-4H3,(H,16,17)/t11?,12-/m1/s1. The topological polar surface area (TPSA) is 64.3 Å². The molecular weight excluding hydrogens is 228 g/mol. The van der Waals surface area contributed by atoms with Gasteiger partial charge in [-0.15, -0.1) is 0 Å². The molecule has 100 valence electrons. The van der Waals surface area contributed by atoms with E-state index in [0.717, 1.165) is 16.9 Å². The highest BCUT2D eigenvalue weighted by Gasteiger charge is 2.12. The molecule has 4 nitrogen and oxygen atoms in total. The van der Waals surface area contributed by atoms with Gasteiger partial charge in [-0.2, -0.15) is 0 Å². The molecule has 18 heavy (non-hydrogen) atoms. The lowest BCUT2D eigenvalue weighted by Crippen LogP contribution is -2.44. The first-order valence-electron chi connectivity index (χ1n) is 6.16. The van der Waals surface area contributed by atoms with Crippen molar-refractivity contribution in [2.45, 2.75) is 39.8 Å². The second-order valence-corrected chi connectivity index (χ2v) is 4.73. The van der Waals surface area contributed by atoms with E-state index in [9.17, 15) is 4.79 Å². The van der Waals surface area contributed by atoms with E-state index in [1.165, 1.54) is 0 Å². The third kappa shape index (κ3) is 4.04. The van der Waals surface area contributed by atoms with Gasteiger partial charge >= 0.3 is 0 Å². The van der Waals surface area contributed by atoms with Crippen LogP contribution >= 0.6 is 0 Å². The molecule has 2 atom stereocenters. The molecule has 1 aromatic rings. The fraction of sp³-hybridized carbons (Fsp3) is 0.500. The van der Waals surface area contributed by atoms with Gasteiger partial charge in [0.25, 0.3) is 0 Å². The van der Waals surface area contributed by atoms with Crippen LogP contribution < -0.4 is 15.8 Å². The summed E-state index contributed by atoms with van der Waals surface area (Å²) in [4.78, 5) is 11.4. The summed E-state index contributed by atoms with van der Waals surface area (Å²) in [7, 11) is 0. The van der Waals surface area contributed by atoms with E-state index >= 15 is 0 Å². The van der Waals surface area contributed by atoms with Gasteiger partial charge in [-0.05, 0) is 38.8 Å². The van der Waals surface area contributed by atoms with Gasteiger partial charge in [-0.1, -0.05) is 18.2 Å². The van der Waals surface area contributed by atoms with E-state index in [1.54, 1.807) is 6.92 Å². The number of para-hydroxylation sites is 1. The molecule has 0 bridgehead atoms. The molecule has 1 amide bonds. The van der Waals surface area contributed by atoms with Crippen molar-refractivity contribution in [3.05, 3.63) is 29.3 Å². The molecule has 0 saturated carbocycles. The molecule has 0 aliphatic rings. The lowest BCUT2D eigenvalue weighted by molar-refractivity contribution is -0.122. The summed E-state index contributed by atoms with van der Waals surface area (Å²) in [5, 5.41) is 2.80. The molecule has 0 aliphatic carbocycles. The zero-order chi connectivity index (χ0) is 13.7. The number of aryl methyl sites for hydroxylation is 2. The Morgan fingerprint density at radius 1 is 1.33 bits per heavy atom. The summed E-state index contributed by atoms with van der Waals surface area (Å²) < 4.78 is 5.75. The number of hydrogen-bond donors (Lipinski definition) is 2. The number of carbonyl (C=O) groups is 1. The lowest BCUT2D eigenvalue weighted by atomic mass is 10.1. The Labute approximate surface area is 109 Å². The average molecular weight is 250 g/mol. The van der Waals surface area contributed by atoms with Crippen LogP contribution in [0, 0.1) is 13.8 Å². The zero-order valence-electron chi connectivity index (χ0n) is 11.5. The van der Waals surface area contributed by atoms with Crippen LogP contribution in [0.1, 0.15) is 25.0 Å². The number of nitrogens with one attached hydrogen (secondary N) is 1. The first kappa shape index (κ1) is 14.5. The summed E-state index contributed by atoms with van der Waals surface area (Å²) in [6.07, 6.45) is 0. The van der Waals surface area contributed by atoms with E-state index in [0.29, 0.717) is 6.61 Å². The van der Waals surface area contributed by atoms with Crippen LogP contribution in [0.25, 0.3) is 0 Å². The Balaban J connectivity index is 2.53. The van der Waals surface area contributed by atoms with Crippen LogP contribution in [0.5, 0.6) is 5.75 Å². The van der Waals surface area contributed by atoms with Crippen LogP contribution in [0.2, 0.25) is 0 Å². The second-order valence-electron chi connectivity index (χ2n) is 4.73. The van der Waals surface area contributed by atoms with Crippen LogP contribution in [-0.4, -0.2) is 24.6 Å². The van der Waals surface area contributed by atoms with Crippen LogP contribution in [0.4, 0.5) is 0 Å². The molecule has 3 N–H and O–H groups in total. The number of benzene rings is 1. The lowest BCUT2D eigenvalue weighted by Gasteiger charge is -2.18. The van der Waals surface area contributed by atoms with Crippen molar-refractivity contribution in [1.29, 1.82) is 0 Å². The number of rotatable bonds is 5. The van der Waals surface area contributed by atoms with E-state index in [4.69, 9.17) is 10.5 Å². The summed E-state index contributed by atoms with van der Waals surface area (Å²) in [6.45, 7) is 8.01. The maximum Gasteiger partial charge on any atom is 0.236 e. The second kappa shape index (κ2) is 6.40. The van der Waals surface area contributed by atoms with Crippen molar-refractivity contribution < 1.29 is 9.53 Å². The summed E-state index contributed by atoms with van der Waals surface area (Å²) in [6, 6.07) is 5.45. The van der Waals surface area contributed by atoms with E-state index in [-0.39, 0.29) is 11.9 Å². The number of nitrogens with two attached hydrogens (primary N) is 1. The normalized spacial score (nSPS) is 13.8. The molecule has 0 fully saturated rings. The minimum atomic E-state index is -0.493. The molecule has 4 heteroatoms. The monoisotopic (exact) mass is 250 g/mol. The van der Waals surface area contributed by atoms with Crippen LogP contribution in [-0.2, 0) is 4.79 Å². The molecular formula is C14H22N2O2. The van der Waals surface area contributed by atoms with Crippen molar-refractivity contribution in [2.24, 2.45) is 5.73 Å². The summed E-state index contributed by atoms with van der Waals surface area (Å²) >= 11 is 0. The van der Waals surface area contributed by atoms with Gasteiger partial charge in [0.2, 0.25) is 5.91 Å². The van der Waals surface area contributed by atoms with E-state index < -0.39 is 6.04 Å². The smallest absolute Gasteiger partial charge is 0.236 e. The molecule has 1 aromatic carbocycles. The van der Waals surface area contributed by atoms with Gasteiger partial charge in [-0.25, -0.2) is 0 Å². The minimum absolute atomic E-state index is 0.0671. The highest BCUT2D eigenvalue weighted by atomic mass is 16.5. The van der Waals surface area contributed by atoms with Gasteiger partial charge in [0.15, 0.2) is 0 Å². The largest absolute Gasteiger partial charge is 0.491 e. The third-order valence-electron chi connectivity index (χ3n) is 2.69. The van der Waals surface area contributed by atoms with Crippen molar-refractivity contribution in [3.8, 4) is 5.75 Å². The van der Waals surface area contributed by atoms with Gasteiger partial charge in [0.1, 0.15) is 12.4 Å². The van der Waals surface area contributed by atoms with Gasteiger partial charge in [-0.3, -0.25) is 4.79 Å². The summed E-state index contributed by atoms with van der Waals surface area (Å²) in [5.41, 5.74) is 7.68. The third-order valence-corrected chi connectivity index (χ3v) is 2.69. The van der Waals surface area contributed by atoms with Crippen molar-refractivity contribution >= 4 is 5.91 Å². The molecule has 0 saturated heterocycles. The zero-order valence-corrected chi connectivity index (χ0v) is 11.5. The first-order valence-corrected chi connectivity index (χ1v) is 6.16. The quantitative estimate of drug-likeness (QED) is 0.833. The Hall–Kier alpha value is -1.55. The van der Waals surface area contributed by atoms with Gasteiger partial charge in [0.05, 0.1) is 12.1 Å². The Kier molecular flexibility index (Phi) is 5.16. The summed E-state index contributed by atoms with van der Waals surface area (Å²) in [5.74, 6) is 0.729. The maximum atomic E-state index is 11.4. The predicted octanol–water partition coefficient (Wildman–Crippen LogP) is 1.53. The van der Waals surface area contributed by atoms with Crippen molar-refractivity contribution in [3.63, 3.8) is 0 Å². The molecule has 1 rings (SSSR count). The number of ether oxygens (including phenoxy) is 1.